The van der Waals surface area contributed by atoms with Gasteiger partial charge in [0.2, 0.25) is 5.91 Å². The maximum atomic E-state index is 11.3. The predicted molar refractivity (Wildman–Crippen MR) is 64.8 cm³/mol. The molecule has 0 bridgehead atoms. The number of benzene rings is 1. The Morgan fingerprint density at radius 2 is 1.94 bits per heavy atom. The number of nitrogens with zero attached hydrogens (tertiary/aromatic N) is 1. The molecule has 0 saturated heterocycles. The van der Waals surface area contributed by atoms with Gasteiger partial charge >= 0.3 is 0 Å². The molecular weight excluding hydrogens is 220 g/mol. The molecule has 0 aromatic heterocycles. The molecule has 94 valence electrons. The van der Waals surface area contributed by atoms with Gasteiger partial charge in [0.1, 0.15) is 0 Å². The van der Waals surface area contributed by atoms with Gasteiger partial charge in [0, 0.05) is 13.5 Å². The topological polar surface area (TPSA) is 64.8 Å². The van der Waals surface area contributed by atoms with Crippen LogP contribution in [0.15, 0.2) is 18.2 Å². The fourth-order valence-electron chi connectivity index (χ4n) is 1.46. The summed E-state index contributed by atoms with van der Waals surface area (Å²) in [6, 6.07) is 5.60. The molecular formula is C12H18N2O3. The monoisotopic (exact) mass is 238 g/mol. The van der Waals surface area contributed by atoms with Gasteiger partial charge < -0.3 is 9.47 Å². The number of hydrogen-bond donors (Lipinski definition) is 1. The lowest BCUT2D eigenvalue weighted by Crippen LogP contribution is -2.33. The van der Waals surface area contributed by atoms with E-state index < -0.39 is 0 Å². The van der Waals surface area contributed by atoms with Gasteiger partial charge in [0.15, 0.2) is 11.5 Å². The number of carbonyl (C=O) groups excluding carboxylic acids is 1. The molecule has 0 fully saturated rings. The summed E-state index contributed by atoms with van der Waals surface area (Å²) in [6.07, 6.45) is 1.00. The third kappa shape index (κ3) is 3.64. The van der Waals surface area contributed by atoms with Crippen molar-refractivity contribution >= 4 is 5.91 Å². The summed E-state index contributed by atoms with van der Waals surface area (Å²) in [6.45, 7) is 0. The highest BCUT2D eigenvalue weighted by atomic mass is 16.5. The van der Waals surface area contributed by atoms with E-state index in [-0.39, 0.29) is 5.91 Å². The van der Waals surface area contributed by atoms with Crippen LogP contribution in [0.2, 0.25) is 0 Å². The van der Waals surface area contributed by atoms with Gasteiger partial charge in [-0.1, -0.05) is 6.07 Å². The molecule has 0 unspecified atom stereocenters. The Morgan fingerprint density at radius 1 is 1.29 bits per heavy atom. The Labute approximate surface area is 101 Å². The van der Waals surface area contributed by atoms with Crippen molar-refractivity contribution in [3.05, 3.63) is 23.8 Å². The molecule has 0 atom stereocenters. The van der Waals surface area contributed by atoms with E-state index in [0.29, 0.717) is 24.3 Å². The van der Waals surface area contributed by atoms with E-state index in [9.17, 15) is 4.79 Å². The molecule has 1 rings (SSSR count). The summed E-state index contributed by atoms with van der Waals surface area (Å²) in [5.74, 6) is 6.59. The number of hydrogen-bond acceptors (Lipinski definition) is 4. The van der Waals surface area contributed by atoms with Crippen LogP contribution in [0.3, 0.4) is 0 Å². The maximum absolute atomic E-state index is 11.3. The molecule has 1 amide bonds. The SMILES string of the molecule is COc1ccc(CCC(=O)N(C)N)cc1OC. The van der Waals surface area contributed by atoms with Crippen LogP contribution in [-0.4, -0.2) is 32.2 Å². The molecule has 0 heterocycles. The van der Waals surface area contributed by atoms with Crippen molar-refractivity contribution in [1.82, 2.24) is 5.01 Å². The van der Waals surface area contributed by atoms with Crippen LogP contribution in [0.4, 0.5) is 0 Å². The van der Waals surface area contributed by atoms with Crippen LogP contribution < -0.4 is 15.3 Å². The van der Waals surface area contributed by atoms with Gasteiger partial charge in [-0.3, -0.25) is 9.80 Å². The summed E-state index contributed by atoms with van der Waals surface area (Å²) in [4.78, 5) is 11.3. The van der Waals surface area contributed by atoms with Crippen molar-refractivity contribution < 1.29 is 14.3 Å². The van der Waals surface area contributed by atoms with Crippen molar-refractivity contribution in [2.45, 2.75) is 12.8 Å². The van der Waals surface area contributed by atoms with Crippen LogP contribution in [-0.2, 0) is 11.2 Å². The normalized spacial score (nSPS) is 9.88. The van der Waals surface area contributed by atoms with Crippen molar-refractivity contribution in [2.24, 2.45) is 5.84 Å². The number of carbonyl (C=O) groups is 1. The second-order valence-electron chi connectivity index (χ2n) is 3.69. The summed E-state index contributed by atoms with van der Waals surface area (Å²) >= 11 is 0. The third-order valence-corrected chi connectivity index (χ3v) is 2.47. The second kappa shape index (κ2) is 6.10. The average molecular weight is 238 g/mol. The minimum absolute atomic E-state index is 0.0974. The minimum Gasteiger partial charge on any atom is -0.493 e. The Bertz CT molecular complexity index is 391. The van der Waals surface area contributed by atoms with Gasteiger partial charge in [-0.15, -0.1) is 0 Å². The lowest BCUT2D eigenvalue weighted by Gasteiger charge is -2.11. The number of aryl methyl sites for hydroxylation is 1. The standard InChI is InChI=1S/C12H18N2O3/c1-14(13)12(15)7-5-9-4-6-10(16-2)11(8-9)17-3/h4,6,8H,5,7,13H2,1-3H3. The number of methoxy groups -OCH3 is 2. The van der Waals surface area contributed by atoms with Crippen LogP contribution >= 0.6 is 0 Å². The van der Waals surface area contributed by atoms with Crippen LogP contribution in [0.1, 0.15) is 12.0 Å². The highest BCUT2D eigenvalue weighted by Crippen LogP contribution is 2.27. The van der Waals surface area contributed by atoms with E-state index >= 15 is 0 Å². The van der Waals surface area contributed by atoms with E-state index in [2.05, 4.69) is 0 Å². The van der Waals surface area contributed by atoms with E-state index in [1.54, 1.807) is 14.2 Å². The van der Waals surface area contributed by atoms with Crippen molar-refractivity contribution in [2.75, 3.05) is 21.3 Å². The molecule has 0 saturated carbocycles. The molecule has 0 radical (unpaired) electrons. The summed E-state index contributed by atoms with van der Waals surface area (Å²) in [5, 5.41) is 1.10. The Morgan fingerprint density at radius 3 is 2.47 bits per heavy atom. The fraction of sp³-hybridized carbons (Fsp3) is 0.417. The van der Waals surface area contributed by atoms with Gasteiger partial charge in [-0.2, -0.15) is 0 Å². The van der Waals surface area contributed by atoms with Gasteiger partial charge in [-0.05, 0) is 24.1 Å². The Hall–Kier alpha value is -1.75. The van der Waals surface area contributed by atoms with Crippen molar-refractivity contribution in [1.29, 1.82) is 0 Å². The molecule has 0 aliphatic rings. The van der Waals surface area contributed by atoms with Crippen molar-refractivity contribution in [3.63, 3.8) is 0 Å². The van der Waals surface area contributed by atoms with Gasteiger partial charge in [0.05, 0.1) is 14.2 Å². The number of ether oxygens (including phenoxy) is 2. The maximum Gasteiger partial charge on any atom is 0.236 e. The van der Waals surface area contributed by atoms with E-state index in [1.807, 2.05) is 18.2 Å². The number of nitrogens with two attached hydrogens (primary N) is 1. The molecule has 1 aromatic rings. The van der Waals surface area contributed by atoms with Gasteiger partial charge in [-0.25, -0.2) is 5.84 Å². The zero-order chi connectivity index (χ0) is 12.8. The van der Waals surface area contributed by atoms with E-state index in [0.717, 1.165) is 10.6 Å². The zero-order valence-electron chi connectivity index (χ0n) is 10.4. The number of hydrazine groups is 1. The first-order valence-electron chi connectivity index (χ1n) is 5.30. The quantitative estimate of drug-likeness (QED) is 0.471. The summed E-state index contributed by atoms with van der Waals surface area (Å²) < 4.78 is 10.3. The van der Waals surface area contributed by atoms with E-state index in [4.69, 9.17) is 15.3 Å². The van der Waals surface area contributed by atoms with Crippen molar-refractivity contribution in [3.8, 4) is 11.5 Å². The predicted octanol–water partition coefficient (Wildman–Crippen LogP) is 0.968. The highest BCUT2D eigenvalue weighted by Gasteiger charge is 2.08. The molecule has 0 aliphatic heterocycles. The molecule has 5 nitrogen and oxygen atoms in total. The first kappa shape index (κ1) is 13.3. The Kier molecular flexibility index (Phi) is 4.78. The van der Waals surface area contributed by atoms with Gasteiger partial charge in [0.25, 0.3) is 0 Å². The summed E-state index contributed by atoms with van der Waals surface area (Å²) in [5.41, 5.74) is 1.01. The van der Waals surface area contributed by atoms with Crippen LogP contribution in [0.25, 0.3) is 0 Å². The highest BCUT2D eigenvalue weighted by molar-refractivity contribution is 5.75. The number of rotatable bonds is 5. The van der Waals surface area contributed by atoms with Crippen LogP contribution in [0, 0.1) is 0 Å². The number of amides is 1. The third-order valence-electron chi connectivity index (χ3n) is 2.47. The van der Waals surface area contributed by atoms with E-state index in [1.165, 1.54) is 7.05 Å². The smallest absolute Gasteiger partial charge is 0.236 e. The average Bonchev–Trinajstić information content (AvgIpc) is 2.35. The lowest BCUT2D eigenvalue weighted by molar-refractivity contribution is -0.130. The molecule has 0 aliphatic carbocycles. The second-order valence-corrected chi connectivity index (χ2v) is 3.69. The first-order chi connectivity index (χ1) is 8.08. The summed E-state index contributed by atoms with van der Waals surface area (Å²) in [7, 11) is 4.71. The fourth-order valence-corrected chi connectivity index (χ4v) is 1.46. The Balaban J connectivity index is 2.69. The molecule has 5 heteroatoms. The molecule has 0 spiro atoms. The molecule has 17 heavy (non-hydrogen) atoms. The zero-order valence-corrected chi connectivity index (χ0v) is 10.4. The largest absolute Gasteiger partial charge is 0.493 e. The lowest BCUT2D eigenvalue weighted by atomic mass is 10.1. The molecule has 2 N–H and O–H groups in total. The van der Waals surface area contributed by atoms with Crippen LogP contribution in [0.5, 0.6) is 11.5 Å². The minimum atomic E-state index is -0.0974. The molecule has 1 aromatic carbocycles. The first-order valence-corrected chi connectivity index (χ1v) is 5.30.